The van der Waals surface area contributed by atoms with Crippen LogP contribution in [0.4, 0.5) is 0 Å². The van der Waals surface area contributed by atoms with Crippen LogP contribution in [0.3, 0.4) is 0 Å². The molecular formula is C15H32N2O. The number of likely N-dealkylation sites (N-methyl/N-ethyl adjacent to an activating group) is 1. The van der Waals surface area contributed by atoms with Crippen molar-refractivity contribution in [3.8, 4) is 0 Å². The van der Waals surface area contributed by atoms with E-state index in [1.165, 1.54) is 32.2 Å². The molecule has 1 aliphatic rings. The molecule has 2 N–H and O–H groups in total. The van der Waals surface area contributed by atoms with Gasteiger partial charge in [-0.1, -0.05) is 13.8 Å². The Morgan fingerprint density at radius 3 is 2.56 bits per heavy atom. The van der Waals surface area contributed by atoms with Gasteiger partial charge in [0.25, 0.3) is 0 Å². The molecule has 0 heterocycles. The van der Waals surface area contributed by atoms with E-state index in [0.717, 1.165) is 38.6 Å². The van der Waals surface area contributed by atoms with E-state index in [4.69, 9.17) is 10.5 Å². The molecule has 0 amide bonds. The van der Waals surface area contributed by atoms with Gasteiger partial charge in [-0.25, -0.2) is 0 Å². The molecule has 0 aromatic rings. The molecule has 0 bridgehead atoms. The highest BCUT2D eigenvalue weighted by molar-refractivity contribution is 4.72. The molecule has 0 unspecified atom stereocenters. The monoisotopic (exact) mass is 256 g/mol. The van der Waals surface area contributed by atoms with E-state index in [9.17, 15) is 0 Å². The molecule has 0 radical (unpaired) electrons. The molecule has 1 aliphatic carbocycles. The summed E-state index contributed by atoms with van der Waals surface area (Å²) >= 11 is 0. The third kappa shape index (κ3) is 8.06. The largest absolute Gasteiger partial charge is 0.380 e. The Labute approximate surface area is 113 Å². The fourth-order valence-corrected chi connectivity index (χ4v) is 2.21. The SMILES string of the molecule is CN(CCCC(C)(C)CCN)CCOCC1CC1. The van der Waals surface area contributed by atoms with Crippen LogP contribution in [0.25, 0.3) is 0 Å². The standard InChI is InChI=1S/C15H32N2O/c1-15(2,8-9-16)7-4-10-17(3)11-12-18-13-14-5-6-14/h14H,4-13,16H2,1-3H3. The van der Waals surface area contributed by atoms with Gasteiger partial charge in [-0.3, -0.25) is 0 Å². The van der Waals surface area contributed by atoms with Crippen LogP contribution in [0.1, 0.15) is 46.0 Å². The third-order valence-corrected chi connectivity index (χ3v) is 3.88. The van der Waals surface area contributed by atoms with Crippen LogP contribution in [-0.2, 0) is 4.74 Å². The molecule has 108 valence electrons. The topological polar surface area (TPSA) is 38.5 Å². The first kappa shape index (κ1) is 15.9. The lowest BCUT2D eigenvalue weighted by atomic mass is 9.84. The Morgan fingerprint density at radius 2 is 1.94 bits per heavy atom. The smallest absolute Gasteiger partial charge is 0.0593 e. The van der Waals surface area contributed by atoms with Gasteiger partial charge in [0.1, 0.15) is 0 Å². The molecular weight excluding hydrogens is 224 g/mol. The first-order valence-electron chi connectivity index (χ1n) is 7.50. The molecule has 0 aliphatic heterocycles. The van der Waals surface area contributed by atoms with Crippen LogP contribution in [0, 0.1) is 11.3 Å². The van der Waals surface area contributed by atoms with Crippen molar-refractivity contribution in [2.75, 3.05) is 39.9 Å². The van der Waals surface area contributed by atoms with Crippen molar-refractivity contribution in [1.29, 1.82) is 0 Å². The minimum Gasteiger partial charge on any atom is -0.380 e. The van der Waals surface area contributed by atoms with Crippen LogP contribution in [0.15, 0.2) is 0 Å². The molecule has 1 fully saturated rings. The van der Waals surface area contributed by atoms with E-state index in [1.54, 1.807) is 0 Å². The molecule has 0 saturated heterocycles. The second-order valence-corrected chi connectivity index (χ2v) is 6.63. The van der Waals surface area contributed by atoms with Crippen molar-refractivity contribution in [3.05, 3.63) is 0 Å². The summed E-state index contributed by atoms with van der Waals surface area (Å²) in [7, 11) is 2.19. The van der Waals surface area contributed by atoms with Gasteiger partial charge >= 0.3 is 0 Å². The molecule has 0 aromatic heterocycles. The number of ether oxygens (including phenoxy) is 1. The second-order valence-electron chi connectivity index (χ2n) is 6.63. The zero-order valence-electron chi connectivity index (χ0n) is 12.6. The van der Waals surface area contributed by atoms with Crippen molar-refractivity contribution < 1.29 is 4.74 Å². The molecule has 1 rings (SSSR count). The lowest BCUT2D eigenvalue weighted by molar-refractivity contribution is 0.102. The van der Waals surface area contributed by atoms with Crippen LogP contribution < -0.4 is 5.73 Å². The van der Waals surface area contributed by atoms with Crippen molar-refractivity contribution in [1.82, 2.24) is 4.90 Å². The van der Waals surface area contributed by atoms with Gasteiger partial charge in [-0.05, 0) is 63.6 Å². The van der Waals surface area contributed by atoms with Crippen LogP contribution >= 0.6 is 0 Å². The maximum atomic E-state index is 5.66. The van der Waals surface area contributed by atoms with E-state index >= 15 is 0 Å². The fraction of sp³-hybridized carbons (Fsp3) is 1.00. The number of rotatable bonds is 11. The normalized spacial score (nSPS) is 16.5. The van der Waals surface area contributed by atoms with Gasteiger partial charge in [0.15, 0.2) is 0 Å². The Balaban J connectivity index is 1.93. The summed E-state index contributed by atoms with van der Waals surface area (Å²) in [4.78, 5) is 2.38. The minimum absolute atomic E-state index is 0.401. The first-order valence-corrected chi connectivity index (χ1v) is 7.50. The first-order chi connectivity index (χ1) is 8.53. The molecule has 3 nitrogen and oxygen atoms in total. The van der Waals surface area contributed by atoms with E-state index in [0.29, 0.717) is 5.41 Å². The van der Waals surface area contributed by atoms with Gasteiger partial charge in [0.2, 0.25) is 0 Å². The third-order valence-electron chi connectivity index (χ3n) is 3.88. The lowest BCUT2D eigenvalue weighted by Crippen LogP contribution is -2.26. The Morgan fingerprint density at radius 1 is 1.22 bits per heavy atom. The average molecular weight is 256 g/mol. The van der Waals surface area contributed by atoms with E-state index in [-0.39, 0.29) is 0 Å². The molecule has 18 heavy (non-hydrogen) atoms. The van der Waals surface area contributed by atoms with Crippen molar-refractivity contribution in [2.24, 2.45) is 17.1 Å². The molecule has 1 saturated carbocycles. The van der Waals surface area contributed by atoms with Crippen molar-refractivity contribution in [2.45, 2.75) is 46.0 Å². The van der Waals surface area contributed by atoms with Gasteiger partial charge in [-0.15, -0.1) is 0 Å². The van der Waals surface area contributed by atoms with Crippen LogP contribution in [0.5, 0.6) is 0 Å². The maximum Gasteiger partial charge on any atom is 0.0593 e. The van der Waals surface area contributed by atoms with Gasteiger partial charge in [-0.2, -0.15) is 0 Å². The van der Waals surface area contributed by atoms with Crippen LogP contribution in [-0.4, -0.2) is 44.8 Å². The Hall–Kier alpha value is -0.120. The Bertz CT molecular complexity index is 215. The summed E-state index contributed by atoms with van der Waals surface area (Å²) in [6.07, 6.45) is 6.41. The summed E-state index contributed by atoms with van der Waals surface area (Å²) in [5, 5.41) is 0. The van der Waals surface area contributed by atoms with Crippen LogP contribution in [0.2, 0.25) is 0 Å². The second kappa shape index (κ2) is 8.13. The number of hydrogen-bond donors (Lipinski definition) is 1. The highest BCUT2D eigenvalue weighted by Crippen LogP contribution is 2.28. The van der Waals surface area contributed by atoms with E-state index in [1.807, 2.05) is 0 Å². The minimum atomic E-state index is 0.401. The lowest BCUT2D eigenvalue weighted by Gasteiger charge is -2.25. The van der Waals surface area contributed by atoms with E-state index < -0.39 is 0 Å². The summed E-state index contributed by atoms with van der Waals surface area (Å²) in [6, 6.07) is 0. The molecule has 0 atom stereocenters. The highest BCUT2D eigenvalue weighted by atomic mass is 16.5. The maximum absolute atomic E-state index is 5.66. The number of nitrogens with zero attached hydrogens (tertiary/aromatic N) is 1. The zero-order chi connectivity index (χ0) is 13.4. The molecule has 0 aromatic carbocycles. The van der Waals surface area contributed by atoms with Gasteiger partial charge < -0.3 is 15.4 Å². The van der Waals surface area contributed by atoms with E-state index in [2.05, 4.69) is 25.8 Å². The zero-order valence-corrected chi connectivity index (χ0v) is 12.6. The highest BCUT2D eigenvalue weighted by Gasteiger charge is 2.21. The predicted molar refractivity (Wildman–Crippen MR) is 77.7 cm³/mol. The van der Waals surface area contributed by atoms with Crippen molar-refractivity contribution in [3.63, 3.8) is 0 Å². The summed E-state index contributed by atoms with van der Waals surface area (Å²) in [5.74, 6) is 0.882. The number of hydrogen-bond acceptors (Lipinski definition) is 3. The summed E-state index contributed by atoms with van der Waals surface area (Å²) in [5.41, 5.74) is 6.03. The summed E-state index contributed by atoms with van der Waals surface area (Å²) < 4.78 is 5.66. The molecule has 3 heteroatoms. The van der Waals surface area contributed by atoms with Crippen molar-refractivity contribution >= 4 is 0 Å². The predicted octanol–water partition coefficient (Wildman–Crippen LogP) is 2.50. The van der Waals surface area contributed by atoms with Gasteiger partial charge in [0.05, 0.1) is 6.61 Å². The molecule has 0 spiro atoms. The quantitative estimate of drug-likeness (QED) is 0.577. The fourth-order valence-electron chi connectivity index (χ4n) is 2.21. The Kier molecular flexibility index (Phi) is 7.20. The van der Waals surface area contributed by atoms with Gasteiger partial charge in [0, 0.05) is 13.2 Å². The average Bonchev–Trinajstić information content (AvgIpc) is 3.08. The number of nitrogens with two attached hydrogens (primary N) is 1. The summed E-state index contributed by atoms with van der Waals surface area (Å²) in [6.45, 7) is 9.54.